The number of piperazine rings is 1. The van der Waals surface area contributed by atoms with E-state index in [4.69, 9.17) is 4.74 Å². The van der Waals surface area contributed by atoms with Gasteiger partial charge in [-0.15, -0.1) is 0 Å². The topological polar surface area (TPSA) is 61.9 Å². The Hall–Kier alpha value is -2.09. The molecule has 1 N–H and O–H groups in total. The number of para-hydroxylation sites is 1. The van der Waals surface area contributed by atoms with Crippen molar-refractivity contribution in [3.05, 3.63) is 54.1 Å². The molecule has 1 aliphatic heterocycles. The Kier molecular flexibility index (Phi) is 6.93. The molecule has 2 aromatic rings. The number of ether oxygens (including phenoxy) is 1. The Morgan fingerprint density at radius 1 is 1.04 bits per heavy atom. The first kappa shape index (κ1) is 20.6. The zero-order valence-corrected chi connectivity index (χ0v) is 17.4. The lowest BCUT2D eigenvalue weighted by Gasteiger charge is -2.36. The average molecular weight is 404 g/mol. The van der Waals surface area contributed by atoms with Crippen LogP contribution in [-0.4, -0.2) is 59.7 Å². The third-order valence-electron chi connectivity index (χ3n) is 5.05. The maximum atomic E-state index is 12.6. The van der Waals surface area contributed by atoms with Gasteiger partial charge in [0.15, 0.2) is 0 Å². The van der Waals surface area contributed by atoms with E-state index in [0.29, 0.717) is 12.3 Å². The first-order valence-electron chi connectivity index (χ1n) is 9.66. The largest absolute Gasteiger partial charge is 0.495 e. The Morgan fingerprint density at radius 3 is 2.43 bits per heavy atom. The second kappa shape index (κ2) is 9.41. The lowest BCUT2D eigenvalue weighted by atomic mass is 10.2. The van der Waals surface area contributed by atoms with Crippen molar-refractivity contribution >= 4 is 15.7 Å². The quantitative estimate of drug-likeness (QED) is 0.686. The number of hydrogen-bond donors (Lipinski definition) is 1. The fourth-order valence-corrected chi connectivity index (χ4v) is 4.78. The summed E-state index contributed by atoms with van der Waals surface area (Å²) in [5, 5.41) is 0. The molecule has 0 radical (unpaired) electrons. The number of aryl methyl sites for hydroxylation is 1. The van der Waals surface area contributed by atoms with Gasteiger partial charge in [0.25, 0.3) is 0 Å². The molecule has 1 fully saturated rings. The number of rotatable bonds is 8. The Bertz CT molecular complexity index is 864. The molecule has 0 bridgehead atoms. The van der Waals surface area contributed by atoms with E-state index in [9.17, 15) is 8.42 Å². The van der Waals surface area contributed by atoms with Crippen LogP contribution in [0.15, 0.2) is 53.4 Å². The fraction of sp³-hybridized carbons (Fsp3) is 0.429. The highest BCUT2D eigenvalue weighted by Gasteiger charge is 2.20. The Labute approximate surface area is 168 Å². The molecule has 0 aliphatic carbocycles. The van der Waals surface area contributed by atoms with Crippen molar-refractivity contribution < 1.29 is 13.2 Å². The van der Waals surface area contributed by atoms with Gasteiger partial charge in [-0.3, -0.25) is 4.90 Å². The Balaban J connectivity index is 1.44. The van der Waals surface area contributed by atoms with Crippen LogP contribution in [0.25, 0.3) is 0 Å². The van der Waals surface area contributed by atoms with Crippen molar-refractivity contribution in [2.75, 3.05) is 51.3 Å². The van der Waals surface area contributed by atoms with Crippen molar-refractivity contribution in [1.82, 2.24) is 9.62 Å². The molecule has 7 heteroatoms. The summed E-state index contributed by atoms with van der Waals surface area (Å²) in [5.74, 6) is 0.370. The first-order chi connectivity index (χ1) is 13.5. The molecule has 3 rings (SSSR count). The summed E-state index contributed by atoms with van der Waals surface area (Å²) in [4.78, 5) is 4.98. The fourth-order valence-electron chi connectivity index (χ4n) is 3.45. The molecule has 28 heavy (non-hydrogen) atoms. The number of methoxy groups -OCH3 is 1. The maximum Gasteiger partial charge on any atom is 0.244 e. The lowest BCUT2D eigenvalue weighted by Crippen LogP contribution is -2.47. The molecule has 0 amide bonds. The lowest BCUT2D eigenvalue weighted by molar-refractivity contribution is 0.255. The summed E-state index contributed by atoms with van der Waals surface area (Å²) in [5.41, 5.74) is 2.15. The number of nitrogens with one attached hydrogen (secondary N) is 1. The van der Waals surface area contributed by atoms with Crippen LogP contribution in [0.4, 0.5) is 5.69 Å². The monoisotopic (exact) mass is 403 g/mol. The SMILES string of the molecule is COc1ccc(C)cc1S(=O)(=O)NCCCN1CCN(c2ccccc2)CC1. The molecule has 2 aromatic carbocycles. The van der Waals surface area contributed by atoms with Crippen molar-refractivity contribution in [1.29, 1.82) is 0 Å². The number of anilines is 1. The molecule has 0 aromatic heterocycles. The van der Waals surface area contributed by atoms with Gasteiger partial charge in [-0.25, -0.2) is 13.1 Å². The standard InChI is InChI=1S/C21H29N3O3S/c1-18-9-10-20(27-2)21(17-18)28(25,26)22-11-6-12-23-13-15-24(16-14-23)19-7-4-3-5-8-19/h3-5,7-10,17,22H,6,11-16H2,1-2H3. The molecule has 0 atom stereocenters. The summed E-state index contributed by atoms with van der Waals surface area (Å²) in [7, 11) is -2.09. The highest BCUT2D eigenvalue weighted by Crippen LogP contribution is 2.24. The molecule has 1 aliphatic rings. The third kappa shape index (κ3) is 5.25. The number of hydrogen-bond acceptors (Lipinski definition) is 5. The van der Waals surface area contributed by atoms with E-state index in [-0.39, 0.29) is 4.90 Å². The highest BCUT2D eigenvalue weighted by atomic mass is 32.2. The predicted octanol–water partition coefficient (Wildman–Crippen LogP) is 2.49. The van der Waals surface area contributed by atoms with Crippen LogP contribution in [0.1, 0.15) is 12.0 Å². The van der Waals surface area contributed by atoms with Crippen LogP contribution >= 0.6 is 0 Å². The molecule has 0 saturated carbocycles. The molecular weight excluding hydrogens is 374 g/mol. The third-order valence-corrected chi connectivity index (χ3v) is 6.53. The zero-order chi connectivity index (χ0) is 20.0. The second-order valence-electron chi connectivity index (χ2n) is 7.07. The van der Waals surface area contributed by atoms with Crippen molar-refractivity contribution in [2.45, 2.75) is 18.2 Å². The summed E-state index contributed by atoms with van der Waals surface area (Å²) >= 11 is 0. The van der Waals surface area contributed by atoms with E-state index in [1.165, 1.54) is 12.8 Å². The molecule has 6 nitrogen and oxygen atoms in total. The van der Waals surface area contributed by atoms with Crippen LogP contribution in [0, 0.1) is 6.92 Å². The van der Waals surface area contributed by atoms with Gasteiger partial charge in [0.1, 0.15) is 10.6 Å². The van der Waals surface area contributed by atoms with Crippen LogP contribution in [-0.2, 0) is 10.0 Å². The van der Waals surface area contributed by atoms with Crippen molar-refractivity contribution in [3.63, 3.8) is 0 Å². The summed E-state index contributed by atoms with van der Waals surface area (Å²) in [6, 6.07) is 15.6. The van der Waals surface area contributed by atoms with Crippen LogP contribution in [0.5, 0.6) is 5.75 Å². The van der Waals surface area contributed by atoms with Gasteiger partial charge >= 0.3 is 0 Å². The molecular formula is C21H29N3O3S. The highest BCUT2D eigenvalue weighted by molar-refractivity contribution is 7.89. The molecule has 0 spiro atoms. The van der Waals surface area contributed by atoms with Crippen LogP contribution in [0.3, 0.4) is 0 Å². The van der Waals surface area contributed by atoms with Crippen LogP contribution < -0.4 is 14.4 Å². The minimum atomic E-state index is -3.58. The van der Waals surface area contributed by atoms with Gasteiger partial charge in [0.2, 0.25) is 10.0 Å². The van der Waals surface area contributed by atoms with Crippen LogP contribution in [0.2, 0.25) is 0 Å². The zero-order valence-electron chi connectivity index (χ0n) is 16.6. The molecule has 1 heterocycles. The summed E-state index contributed by atoms with van der Waals surface area (Å²) in [6.45, 7) is 7.15. The van der Waals surface area contributed by atoms with E-state index >= 15 is 0 Å². The summed E-state index contributed by atoms with van der Waals surface area (Å²) in [6.07, 6.45) is 0.776. The first-order valence-corrected chi connectivity index (χ1v) is 11.1. The van der Waals surface area contributed by atoms with E-state index in [2.05, 4.69) is 38.8 Å². The Morgan fingerprint density at radius 2 is 1.75 bits per heavy atom. The van der Waals surface area contributed by atoms with E-state index in [1.54, 1.807) is 12.1 Å². The van der Waals surface area contributed by atoms with Crippen molar-refractivity contribution in [3.8, 4) is 5.75 Å². The van der Waals surface area contributed by atoms with Gasteiger partial charge in [0.05, 0.1) is 7.11 Å². The average Bonchev–Trinajstić information content (AvgIpc) is 2.72. The van der Waals surface area contributed by atoms with E-state index < -0.39 is 10.0 Å². The van der Waals surface area contributed by atoms with Crippen molar-refractivity contribution in [2.24, 2.45) is 0 Å². The van der Waals surface area contributed by atoms with Gasteiger partial charge in [-0.1, -0.05) is 24.3 Å². The minimum absolute atomic E-state index is 0.200. The molecule has 1 saturated heterocycles. The van der Waals surface area contributed by atoms with E-state index in [0.717, 1.165) is 44.7 Å². The van der Waals surface area contributed by atoms with Gasteiger partial charge in [0, 0.05) is 38.4 Å². The van der Waals surface area contributed by atoms with Gasteiger partial charge in [-0.05, 0) is 49.7 Å². The number of nitrogens with zero attached hydrogens (tertiary/aromatic N) is 2. The van der Waals surface area contributed by atoms with Gasteiger partial charge in [-0.2, -0.15) is 0 Å². The smallest absolute Gasteiger partial charge is 0.244 e. The normalized spacial score (nSPS) is 15.6. The summed E-state index contributed by atoms with van der Waals surface area (Å²) < 4.78 is 33.1. The van der Waals surface area contributed by atoms with E-state index in [1.807, 2.05) is 19.1 Å². The minimum Gasteiger partial charge on any atom is -0.495 e. The number of sulfonamides is 1. The maximum absolute atomic E-state index is 12.6. The predicted molar refractivity (Wildman–Crippen MR) is 113 cm³/mol. The van der Waals surface area contributed by atoms with Gasteiger partial charge < -0.3 is 9.64 Å². The molecule has 152 valence electrons. The molecule has 0 unspecified atom stereocenters. The second-order valence-corrected chi connectivity index (χ2v) is 8.81. The number of benzene rings is 2.